The highest BCUT2D eigenvalue weighted by atomic mass is 16.5. The van der Waals surface area contributed by atoms with Crippen LogP contribution in [0.5, 0.6) is 0 Å². The number of rotatable bonds is 7. The van der Waals surface area contributed by atoms with Crippen LogP contribution in [0, 0.1) is 5.41 Å². The van der Waals surface area contributed by atoms with Crippen molar-refractivity contribution < 1.29 is 14.3 Å². The second-order valence-electron chi connectivity index (χ2n) is 5.74. The minimum atomic E-state index is -0.516. The molecular weight excluding hydrogens is 264 g/mol. The average Bonchev–Trinajstić information content (AvgIpc) is 2.46. The Hall–Kier alpha value is -1.90. The van der Waals surface area contributed by atoms with E-state index in [-0.39, 0.29) is 17.7 Å². The van der Waals surface area contributed by atoms with E-state index in [0.717, 1.165) is 5.56 Å². The normalized spacial score (nSPS) is 13.1. The fourth-order valence-corrected chi connectivity index (χ4v) is 2.22. The summed E-state index contributed by atoms with van der Waals surface area (Å²) in [5, 5.41) is 0. The number of ether oxygens (including phenoxy) is 1. The van der Waals surface area contributed by atoms with Crippen molar-refractivity contribution >= 4 is 11.8 Å². The van der Waals surface area contributed by atoms with E-state index >= 15 is 0 Å². The molecule has 1 rings (SSSR count). The van der Waals surface area contributed by atoms with Gasteiger partial charge in [0.15, 0.2) is 0 Å². The molecule has 0 aliphatic carbocycles. The van der Waals surface area contributed by atoms with Crippen molar-refractivity contribution in [3.63, 3.8) is 0 Å². The molecule has 0 radical (unpaired) electrons. The number of carbonyl (C=O) groups excluding carboxylic acids is 2. The van der Waals surface area contributed by atoms with Crippen LogP contribution in [0.3, 0.4) is 0 Å². The van der Waals surface area contributed by atoms with E-state index in [2.05, 4.69) is 0 Å². The Morgan fingerprint density at radius 3 is 2.43 bits per heavy atom. The van der Waals surface area contributed by atoms with Gasteiger partial charge in [0.2, 0.25) is 0 Å². The Labute approximate surface area is 127 Å². The summed E-state index contributed by atoms with van der Waals surface area (Å²) >= 11 is 0. The average molecular weight is 288 g/mol. The van der Waals surface area contributed by atoms with E-state index in [1.807, 2.05) is 51.1 Å². The predicted molar refractivity (Wildman–Crippen MR) is 84.0 cm³/mol. The number of Topliss-reactive ketones (excluding diaryl/α,β-unsaturated/α-hetero) is 1. The van der Waals surface area contributed by atoms with Crippen molar-refractivity contribution in [3.8, 4) is 0 Å². The first kappa shape index (κ1) is 17.2. The summed E-state index contributed by atoms with van der Waals surface area (Å²) in [4.78, 5) is 23.9. The molecule has 3 nitrogen and oxygen atoms in total. The predicted octanol–water partition coefficient (Wildman–Crippen LogP) is 3.89. The van der Waals surface area contributed by atoms with Gasteiger partial charge in [-0.05, 0) is 18.9 Å². The minimum Gasteiger partial charge on any atom is -0.463 e. The molecule has 0 aliphatic rings. The molecule has 0 saturated heterocycles. The van der Waals surface area contributed by atoms with Crippen LogP contribution < -0.4 is 0 Å². The Balaban J connectivity index is 2.69. The summed E-state index contributed by atoms with van der Waals surface area (Å²) in [7, 11) is 0. The van der Waals surface area contributed by atoms with Gasteiger partial charge in [-0.3, -0.25) is 4.79 Å². The molecule has 114 valence electrons. The Morgan fingerprint density at radius 1 is 1.24 bits per heavy atom. The van der Waals surface area contributed by atoms with Crippen molar-refractivity contribution in [2.45, 2.75) is 40.0 Å². The van der Waals surface area contributed by atoms with Crippen molar-refractivity contribution in [2.75, 3.05) is 6.61 Å². The highest BCUT2D eigenvalue weighted by molar-refractivity contribution is 5.90. The molecule has 21 heavy (non-hydrogen) atoms. The van der Waals surface area contributed by atoms with E-state index in [1.165, 1.54) is 6.08 Å². The van der Waals surface area contributed by atoms with Gasteiger partial charge >= 0.3 is 5.97 Å². The van der Waals surface area contributed by atoms with Crippen LogP contribution in [0.2, 0.25) is 0 Å². The maximum Gasteiger partial charge on any atom is 0.330 e. The third kappa shape index (κ3) is 5.18. The van der Waals surface area contributed by atoms with Crippen LogP contribution in [0.25, 0.3) is 0 Å². The molecule has 1 atom stereocenters. The molecule has 0 saturated carbocycles. The molecule has 0 heterocycles. The van der Waals surface area contributed by atoms with Gasteiger partial charge in [0.1, 0.15) is 5.78 Å². The molecule has 0 amide bonds. The molecule has 0 bridgehead atoms. The lowest BCUT2D eigenvalue weighted by Crippen LogP contribution is -2.28. The Morgan fingerprint density at radius 2 is 1.86 bits per heavy atom. The van der Waals surface area contributed by atoms with Crippen molar-refractivity contribution in [1.29, 1.82) is 0 Å². The topological polar surface area (TPSA) is 43.4 Å². The van der Waals surface area contributed by atoms with E-state index in [4.69, 9.17) is 4.74 Å². The van der Waals surface area contributed by atoms with Crippen LogP contribution in [-0.2, 0) is 14.3 Å². The summed E-state index contributed by atoms with van der Waals surface area (Å²) in [5.74, 6) is -0.351. The van der Waals surface area contributed by atoms with Gasteiger partial charge in [-0.15, -0.1) is 0 Å². The van der Waals surface area contributed by atoms with Gasteiger partial charge in [0.25, 0.3) is 0 Å². The zero-order valence-electron chi connectivity index (χ0n) is 13.3. The number of carbonyl (C=O) groups is 2. The molecule has 3 heteroatoms. The SMILES string of the molecule is CCOC(=O)/C=C/CC(C)(C)C(=O)C(C)c1ccccc1. The second kappa shape index (κ2) is 7.77. The lowest BCUT2D eigenvalue weighted by atomic mass is 9.77. The summed E-state index contributed by atoms with van der Waals surface area (Å²) in [6, 6.07) is 9.74. The molecule has 1 aromatic rings. The van der Waals surface area contributed by atoms with Gasteiger partial charge in [-0.1, -0.05) is 57.2 Å². The van der Waals surface area contributed by atoms with Crippen molar-refractivity contribution in [2.24, 2.45) is 5.41 Å². The summed E-state index contributed by atoms with van der Waals surface area (Å²) in [6.07, 6.45) is 3.63. The second-order valence-corrected chi connectivity index (χ2v) is 5.74. The van der Waals surface area contributed by atoms with Gasteiger partial charge in [0.05, 0.1) is 6.61 Å². The first-order valence-electron chi connectivity index (χ1n) is 7.31. The summed E-state index contributed by atoms with van der Waals surface area (Å²) in [5.41, 5.74) is 0.503. The molecule has 1 unspecified atom stereocenters. The molecule has 0 N–H and O–H groups in total. The standard InChI is InChI=1S/C18H24O3/c1-5-21-16(19)12-9-13-18(3,4)17(20)14(2)15-10-7-6-8-11-15/h6-12,14H,5,13H2,1-4H3/b12-9+. The minimum absolute atomic E-state index is 0.155. The van der Waals surface area contributed by atoms with Crippen LogP contribution in [0.15, 0.2) is 42.5 Å². The number of hydrogen-bond donors (Lipinski definition) is 0. The number of benzene rings is 1. The monoisotopic (exact) mass is 288 g/mol. The summed E-state index contributed by atoms with van der Waals surface area (Å²) < 4.78 is 4.82. The van der Waals surface area contributed by atoms with E-state index < -0.39 is 5.41 Å². The van der Waals surface area contributed by atoms with Gasteiger partial charge < -0.3 is 4.74 Å². The van der Waals surface area contributed by atoms with Gasteiger partial charge in [0, 0.05) is 17.4 Å². The van der Waals surface area contributed by atoms with E-state index in [0.29, 0.717) is 13.0 Å². The first-order valence-corrected chi connectivity index (χ1v) is 7.31. The molecule has 0 aliphatic heterocycles. The van der Waals surface area contributed by atoms with Crippen LogP contribution in [0.4, 0.5) is 0 Å². The van der Waals surface area contributed by atoms with Gasteiger partial charge in [-0.25, -0.2) is 4.79 Å². The van der Waals surface area contributed by atoms with Gasteiger partial charge in [-0.2, -0.15) is 0 Å². The molecular formula is C18H24O3. The largest absolute Gasteiger partial charge is 0.463 e. The molecule has 0 fully saturated rings. The lowest BCUT2D eigenvalue weighted by molar-refractivity contribution is -0.137. The Bertz CT molecular complexity index is 500. The highest BCUT2D eigenvalue weighted by Crippen LogP contribution is 2.30. The molecule has 1 aromatic carbocycles. The highest BCUT2D eigenvalue weighted by Gasteiger charge is 2.30. The number of allylic oxidation sites excluding steroid dienone is 1. The van der Waals surface area contributed by atoms with Crippen LogP contribution >= 0.6 is 0 Å². The number of ketones is 1. The number of esters is 1. The fourth-order valence-electron chi connectivity index (χ4n) is 2.22. The van der Waals surface area contributed by atoms with E-state index in [9.17, 15) is 9.59 Å². The number of hydrogen-bond acceptors (Lipinski definition) is 3. The third-order valence-electron chi connectivity index (χ3n) is 3.53. The molecule has 0 spiro atoms. The fraction of sp³-hybridized carbons (Fsp3) is 0.444. The molecule has 0 aromatic heterocycles. The van der Waals surface area contributed by atoms with Crippen LogP contribution in [0.1, 0.15) is 45.6 Å². The zero-order chi connectivity index (χ0) is 15.9. The van der Waals surface area contributed by atoms with Crippen molar-refractivity contribution in [3.05, 3.63) is 48.0 Å². The van der Waals surface area contributed by atoms with E-state index in [1.54, 1.807) is 13.0 Å². The third-order valence-corrected chi connectivity index (χ3v) is 3.53. The summed E-state index contributed by atoms with van der Waals surface area (Å²) in [6.45, 7) is 7.86. The lowest BCUT2D eigenvalue weighted by Gasteiger charge is -2.25. The first-order chi connectivity index (χ1) is 9.88. The smallest absolute Gasteiger partial charge is 0.330 e. The van der Waals surface area contributed by atoms with Crippen molar-refractivity contribution in [1.82, 2.24) is 0 Å². The Kier molecular flexibility index (Phi) is 6.35. The maximum absolute atomic E-state index is 12.6. The van der Waals surface area contributed by atoms with Crippen LogP contribution in [-0.4, -0.2) is 18.4 Å². The zero-order valence-corrected chi connectivity index (χ0v) is 13.3. The maximum atomic E-state index is 12.6. The quantitative estimate of drug-likeness (QED) is 0.564.